The van der Waals surface area contributed by atoms with E-state index in [1.54, 1.807) is 24.3 Å². The molecule has 0 aliphatic heterocycles. The Morgan fingerprint density at radius 2 is 1.84 bits per heavy atom. The second-order valence-electron chi connectivity index (χ2n) is 9.05. The van der Waals surface area contributed by atoms with Gasteiger partial charge >= 0.3 is 0 Å². The summed E-state index contributed by atoms with van der Waals surface area (Å²) in [4.78, 5) is 0.190. The normalized spacial score (nSPS) is 18.2. The number of nitrogens with one attached hydrogen (secondary N) is 1. The number of aromatic nitrogens is 1. The van der Waals surface area contributed by atoms with E-state index in [0.29, 0.717) is 29.4 Å². The molecule has 0 amide bonds. The summed E-state index contributed by atoms with van der Waals surface area (Å²) in [6.45, 7) is 7.54. The fourth-order valence-electron chi connectivity index (χ4n) is 4.07. The van der Waals surface area contributed by atoms with E-state index < -0.39 is 31.9 Å². The van der Waals surface area contributed by atoms with Crippen LogP contribution in [0.5, 0.6) is 0 Å². The Morgan fingerprint density at radius 3 is 2.48 bits per heavy atom. The van der Waals surface area contributed by atoms with Crippen molar-refractivity contribution in [3.63, 3.8) is 0 Å². The predicted octanol–water partition coefficient (Wildman–Crippen LogP) is 4.76. The largest absolute Gasteiger partial charge is 0.598 e. The summed E-state index contributed by atoms with van der Waals surface area (Å²) in [7, 11) is -3.88. The molecule has 1 aromatic heterocycles. The number of hydrogen-bond donors (Lipinski definition) is 1. The highest BCUT2D eigenvalue weighted by atomic mass is 32.2. The first-order valence-corrected chi connectivity index (χ1v) is 12.9. The van der Waals surface area contributed by atoms with E-state index in [1.807, 2.05) is 27.7 Å². The summed E-state index contributed by atoms with van der Waals surface area (Å²) in [6, 6.07) is 10.6. The Kier molecular flexibility index (Phi) is 5.70. The van der Waals surface area contributed by atoms with Gasteiger partial charge in [-0.05, 0) is 77.3 Å². The number of nitrogens with zero attached hydrogens (tertiary/aromatic N) is 1. The van der Waals surface area contributed by atoms with Crippen LogP contribution < -0.4 is 4.72 Å². The third-order valence-electron chi connectivity index (χ3n) is 5.64. The minimum absolute atomic E-state index is 0.190. The molecule has 8 heteroatoms. The van der Waals surface area contributed by atoms with Crippen LogP contribution in [0.3, 0.4) is 0 Å². The molecule has 0 saturated heterocycles. The summed E-state index contributed by atoms with van der Waals surface area (Å²) in [5.74, 6) is -0.429. The third-order valence-corrected chi connectivity index (χ3v) is 9.02. The van der Waals surface area contributed by atoms with Crippen LogP contribution >= 0.6 is 0 Å². The number of hydrogen-bond acceptors (Lipinski definition) is 4. The van der Waals surface area contributed by atoms with Crippen LogP contribution in [0.2, 0.25) is 0 Å². The lowest BCUT2D eigenvalue weighted by Gasteiger charge is -2.30. The minimum Gasteiger partial charge on any atom is -0.598 e. The maximum Gasteiger partial charge on any atom is 0.268 e. The summed E-state index contributed by atoms with van der Waals surface area (Å²) in [6.07, 6.45) is 2.00. The van der Waals surface area contributed by atoms with Gasteiger partial charge in [0.25, 0.3) is 10.0 Å². The molecule has 0 saturated carbocycles. The lowest BCUT2D eigenvalue weighted by molar-refractivity contribution is 0.488. The Labute approximate surface area is 186 Å². The Bertz CT molecular complexity index is 1230. The van der Waals surface area contributed by atoms with Crippen molar-refractivity contribution in [1.82, 2.24) is 8.69 Å². The average Bonchev–Trinajstić information content (AvgIpc) is 3.02. The summed E-state index contributed by atoms with van der Waals surface area (Å²) in [5.41, 5.74) is 2.78. The Hall–Kier alpha value is -1.87. The first kappa shape index (κ1) is 22.3. The van der Waals surface area contributed by atoms with Crippen LogP contribution in [0.4, 0.5) is 4.39 Å². The molecule has 0 radical (unpaired) electrons. The van der Waals surface area contributed by atoms with Gasteiger partial charge < -0.3 is 4.55 Å². The summed E-state index contributed by atoms with van der Waals surface area (Å²) in [5, 5.41) is 0.550. The molecule has 3 aromatic rings. The van der Waals surface area contributed by atoms with Gasteiger partial charge in [0.1, 0.15) is 10.6 Å². The Morgan fingerprint density at radius 1 is 1.16 bits per heavy atom. The second-order valence-corrected chi connectivity index (χ2v) is 12.8. The zero-order chi connectivity index (χ0) is 22.6. The standard InChI is InChI=1S/C23H27FN2O3S2/c1-15-8-11-17(12-9-15)31(28,29)26-20-13-10-16(24)14-18(20)22-19(6-5-7-21(22)26)25-30(27)23(2,3)4/h8-14,19,25H,5-7H2,1-4H3/t19-,30?/m1/s1. The first-order valence-electron chi connectivity index (χ1n) is 10.3. The van der Waals surface area contributed by atoms with E-state index in [2.05, 4.69) is 4.72 Å². The molecule has 1 aliphatic rings. The van der Waals surface area contributed by atoms with Crippen molar-refractivity contribution in [3.05, 3.63) is 65.1 Å². The molecule has 166 valence electrons. The molecular formula is C23H27FN2O3S2. The van der Waals surface area contributed by atoms with Crippen molar-refractivity contribution < 1.29 is 17.4 Å². The van der Waals surface area contributed by atoms with Gasteiger partial charge in [-0.25, -0.2) is 16.8 Å². The van der Waals surface area contributed by atoms with Gasteiger partial charge in [0.2, 0.25) is 0 Å². The lowest BCUT2D eigenvalue weighted by atomic mass is 9.91. The van der Waals surface area contributed by atoms with Gasteiger partial charge in [-0.2, -0.15) is 0 Å². The Balaban J connectivity index is 1.94. The molecule has 1 heterocycles. The van der Waals surface area contributed by atoms with E-state index in [0.717, 1.165) is 17.5 Å². The minimum atomic E-state index is -3.88. The number of aryl methyl sites for hydroxylation is 1. The highest BCUT2D eigenvalue weighted by molar-refractivity contribution is 7.91. The van der Waals surface area contributed by atoms with Gasteiger partial charge in [-0.1, -0.05) is 17.7 Å². The maximum absolute atomic E-state index is 14.2. The average molecular weight is 463 g/mol. The molecule has 0 fully saturated rings. The van der Waals surface area contributed by atoms with Crippen LogP contribution in [0.1, 0.15) is 56.5 Å². The molecular weight excluding hydrogens is 435 g/mol. The fourth-order valence-corrected chi connectivity index (χ4v) is 6.50. The molecule has 5 nitrogen and oxygen atoms in total. The van der Waals surface area contributed by atoms with E-state index in [9.17, 15) is 17.4 Å². The van der Waals surface area contributed by atoms with E-state index in [4.69, 9.17) is 0 Å². The molecule has 4 rings (SSSR count). The van der Waals surface area contributed by atoms with E-state index >= 15 is 0 Å². The van der Waals surface area contributed by atoms with E-state index in [-0.39, 0.29) is 10.9 Å². The highest BCUT2D eigenvalue weighted by Gasteiger charge is 2.37. The van der Waals surface area contributed by atoms with Crippen LogP contribution in [-0.4, -0.2) is 21.7 Å². The van der Waals surface area contributed by atoms with Gasteiger partial charge in [-0.15, -0.1) is 4.72 Å². The summed E-state index contributed by atoms with van der Waals surface area (Å²) < 4.78 is 58.4. The van der Waals surface area contributed by atoms with Crippen molar-refractivity contribution in [2.45, 2.75) is 62.6 Å². The lowest BCUT2D eigenvalue weighted by Crippen LogP contribution is -2.42. The van der Waals surface area contributed by atoms with Gasteiger partial charge in [0, 0.05) is 28.0 Å². The van der Waals surface area contributed by atoms with Crippen LogP contribution in [-0.2, 0) is 27.8 Å². The van der Waals surface area contributed by atoms with Crippen molar-refractivity contribution in [3.8, 4) is 0 Å². The predicted molar refractivity (Wildman–Crippen MR) is 122 cm³/mol. The number of rotatable bonds is 4. The van der Waals surface area contributed by atoms with Crippen LogP contribution in [0.15, 0.2) is 47.4 Å². The third kappa shape index (κ3) is 4.02. The molecule has 1 N–H and O–H groups in total. The number of fused-ring (bicyclic) bond motifs is 3. The smallest absolute Gasteiger partial charge is 0.268 e. The first-order chi connectivity index (χ1) is 14.5. The molecule has 0 bridgehead atoms. The zero-order valence-electron chi connectivity index (χ0n) is 18.1. The van der Waals surface area contributed by atoms with Crippen molar-refractivity contribution in [2.75, 3.05) is 0 Å². The monoisotopic (exact) mass is 462 g/mol. The number of halogens is 1. The SMILES string of the molecule is Cc1ccc(S(=O)(=O)n2c3c(c4cc(F)ccc42)[C@H](N[S+]([O-])C(C)(C)C)CCC3)cc1. The van der Waals surface area contributed by atoms with Crippen molar-refractivity contribution >= 4 is 32.3 Å². The number of benzene rings is 2. The van der Waals surface area contributed by atoms with Gasteiger partial charge in [-0.3, -0.25) is 0 Å². The van der Waals surface area contributed by atoms with Crippen molar-refractivity contribution in [2.24, 2.45) is 0 Å². The molecule has 2 aromatic carbocycles. The highest BCUT2D eigenvalue weighted by Crippen LogP contribution is 2.41. The molecule has 2 atom stereocenters. The quantitative estimate of drug-likeness (QED) is 0.568. The topological polar surface area (TPSA) is 74.2 Å². The molecule has 31 heavy (non-hydrogen) atoms. The molecule has 1 unspecified atom stereocenters. The molecule has 1 aliphatic carbocycles. The summed E-state index contributed by atoms with van der Waals surface area (Å²) >= 11 is -1.34. The van der Waals surface area contributed by atoms with Crippen LogP contribution in [0.25, 0.3) is 10.9 Å². The van der Waals surface area contributed by atoms with Crippen molar-refractivity contribution in [1.29, 1.82) is 0 Å². The van der Waals surface area contributed by atoms with E-state index in [1.165, 1.54) is 22.2 Å². The second kappa shape index (κ2) is 7.92. The zero-order valence-corrected chi connectivity index (χ0v) is 19.7. The van der Waals surface area contributed by atoms with Gasteiger partial charge in [0.15, 0.2) is 0 Å². The maximum atomic E-state index is 14.2. The van der Waals surface area contributed by atoms with Gasteiger partial charge in [0.05, 0.1) is 16.5 Å². The fraction of sp³-hybridized carbons (Fsp3) is 0.391. The molecule has 0 spiro atoms. The van der Waals surface area contributed by atoms with Crippen LogP contribution in [0, 0.1) is 12.7 Å².